The number of carboxylic acid groups (broad SMARTS) is 1. The minimum atomic E-state index is -3.84. The molecular formula is C13H15BrFNO4S. The normalized spacial score (nSPS) is 23.4. The van der Waals surface area contributed by atoms with E-state index in [1.54, 1.807) is 0 Å². The Labute approximate surface area is 130 Å². The minimum Gasteiger partial charge on any atom is -0.481 e. The fourth-order valence-corrected chi connectivity index (χ4v) is 4.64. The van der Waals surface area contributed by atoms with Crippen molar-refractivity contribution in [3.05, 3.63) is 28.0 Å². The van der Waals surface area contributed by atoms with Crippen LogP contribution in [-0.4, -0.2) is 36.9 Å². The number of sulfonamides is 1. The number of halogens is 2. The maximum absolute atomic E-state index is 13.4. The van der Waals surface area contributed by atoms with Gasteiger partial charge in [0.15, 0.2) is 0 Å². The van der Waals surface area contributed by atoms with Crippen LogP contribution >= 0.6 is 15.9 Å². The molecule has 0 spiro atoms. The van der Waals surface area contributed by atoms with Gasteiger partial charge in [0, 0.05) is 13.1 Å². The second-order valence-electron chi connectivity index (χ2n) is 5.49. The molecule has 21 heavy (non-hydrogen) atoms. The molecule has 1 aromatic carbocycles. The maximum atomic E-state index is 13.4. The molecule has 0 amide bonds. The van der Waals surface area contributed by atoms with Crippen molar-refractivity contribution in [3.63, 3.8) is 0 Å². The summed E-state index contributed by atoms with van der Waals surface area (Å²) in [5, 5.41) is 9.18. The predicted molar refractivity (Wildman–Crippen MR) is 78.0 cm³/mol. The molecule has 0 aliphatic carbocycles. The van der Waals surface area contributed by atoms with E-state index >= 15 is 0 Å². The van der Waals surface area contributed by atoms with Crippen molar-refractivity contribution in [1.29, 1.82) is 0 Å². The van der Waals surface area contributed by atoms with Crippen LogP contribution in [0.2, 0.25) is 0 Å². The van der Waals surface area contributed by atoms with Crippen molar-refractivity contribution in [1.82, 2.24) is 4.31 Å². The van der Waals surface area contributed by atoms with E-state index in [9.17, 15) is 22.7 Å². The quantitative estimate of drug-likeness (QED) is 0.874. The number of aliphatic carboxylic acids is 1. The Morgan fingerprint density at radius 2 is 2.10 bits per heavy atom. The Kier molecular flexibility index (Phi) is 4.16. The number of rotatable bonds is 3. The molecule has 8 heteroatoms. The van der Waals surface area contributed by atoms with Crippen molar-refractivity contribution in [2.24, 2.45) is 5.41 Å². The van der Waals surface area contributed by atoms with Crippen LogP contribution in [0.15, 0.2) is 21.5 Å². The monoisotopic (exact) mass is 379 g/mol. The van der Waals surface area contributed by atoms with Gasteiger partial charge in [-0.2, -0.15) is 4.31 Å². The van der Waals surface area contributed by atoms with Gasteiger partial charge in [0.2, 0.25) is 10.0 Å². The van der Waals surface area contributed by atoms with Gasteiger partial charge in [0.25, 0.3) is 0 Å². The summed E-state index contributed by atoms with van der Waals surface area (Å²) in [7, 11) is -3.84. The second kappa shape index (κ2) is 5.33. The number of carboxylic acids is 1. The fourth-order valence-electron chi connectivity index (χ4n) is 2.34. The van der Waals surface area contributed by atoms with Crippen LogP contribution in [0.5, 0.6) is 0 Å². The van der Waals surface area contributed by atoms with Crippen molar-refractivity contribution >= 4 is 31.9 Å². The molecular weight excluding hydrogens is 365 g/mol. The number of hydrogen-bond donors (Lipinski definition) is 1. The van der Waals surface area contributed by atoms with Crippen molar-refractivity contribution < 1.29 is 22.7 Å². The van der Waals surface area contributed by atoms with Crippen LogP contribution in [0, 0.1) is 18.2 Å². The summed E-state index contributed by atoms with van der Waals surface area (Å²) in [5.74, 6) is -1.56. The van der Waals surface area contributed by atoms with Crippen molar-refractivity contribution in [3.8, 4) is 0 Å². The van der Waals surface area contributed by atoms with Gasteiger partial charge in [0.1, 0.15) is 5.82 Å². The molecule has 1 aromatic rings. The van der Waals surface area contributed by atoms with Crippen LogP contribution in [0.4, 0.5) is 4.39 Å². The van der Waals surface area contributed by atoms with Gasteiger partial charge in [-0.1, -0.05) is 0 Å². The van der Waals surface area contributed by atoms with Gasteiger partial charge >= 0.3 is 5.97 Å². The number of nitrogens with zero attached hydrogens (tertiary/aromatic N) is 1. The van der Waals surface area contributed by atoms with E-state index in [2.05, 4.69) is 15.9 Å². The molecule has 1 N–H and O–H groups in total. The number of carbonyl (C=O) groups is 1. The molecule has 1 aliphatic heterocycles. The van der Waals surface area contributed by atoms with Gasteiger partial charge in [-0.05, 0) is 53.9 Å². The summed E-state index contributed by atoms with van der Waals surface area (Å²) in [4.78, 5) is 11.2. The molecule has 5 nitrogen and oxygen atoms in total. The zero-order chi connectivity index (χ0) is 16.0. The molecule has 1 fully saturated rings. The molecule has 0 radical (unpaired) electrons. The number of benzene rings is 1. The Balaban J connectivity index is 2.41. The highest BCUT2D eigenvalue weighted by atomic mass is 79.9. The third-order valence-electron chi connectivity index (χ3n) is 3.79. The highest BCUT2D eigenvalue weighted by Crippen LogP contribution is 2.35. The number of hydrogen-bond acceptors (Lipinski definition) is 3. The van der Waals surface area contributed by atoms with E-state index in [0.717, 1.165) is 10.4 Å². The first-order valence-electron chi connectivity index (χ1n) is 6.27. The lowest BCUT2D eigenvalue weighted by Gasteiger charge is -2.21. The average molecular weight is 380 g/mol. The highest BCUT2D eigenvalue weighted by Gasteiger charge is 2.45. The van der Waals surface area contributed by atoms with Gasteiger partial charge in [-0.15, -0.1) is 0 Å². The standard InChI is InChI=1S/C13H15BrFNO4S/c1-8-5-10(15)9(14)6-11(8)21(19,20)16-4-3-13(2,7-16)12(17)18/h5-6H,3-4,7H2,1-2H3,(H,17,18). The maximum Gasteiger partial charge on any atom is 0.310 e. The Morgan fingerprint density at radius 1 is 1.48 bits per heavy atom. The van der Waals surface area contributed by atoms with Gasteiger partial charge in [-0.25, -0.2) is 12.8 Å². The molecule has 0 saturated carbocycles. The molecule has 0 aromatic heterocycles. The van der Waals surface area contributed by atoms with Gasteiger partial charge in [-0.3, -0.25) is 4.79 Å². The molecule has 1 saturated heterocycles. The van der Waals surface area contributed by atoms with Gasteiger partial charge < -0.3 is 5.11 Å². The topological polar surface area (TPSA) is 74.7 Å². The molecule has 0 bridgehead atoms. The predicted octanol–water partition coefficient (Wildman–Crippen LogP) is 2.38. The van der Waals surface area contributed by atoms with E-state index in [-0.39, 0.29) is 28.9 Å². The summed E-state index contributed by atoms with van der Waals surface area (Å²) >= 11 is 2.97. The van der Waals surface area contributed by atoms with Crippen LogP contribution in [-0.2, 0) is 14.8 Å². The molecule has 1 heterocycles. The Bertz CT molecular complexity index is 706. The molecule has 1 aliphatic rings. The molecule has 116 valence electrons. The van der Waals surface area contributed by atoms with Gasteiger partial charge in [0.05, 0.1) is 14.8 Å². The van der Waals surface area contributed by atoms with E-state index in [1.165, 1.54) is 19.9 Å². The van der Waals surface area contributed by atoms with Crippen molar-refractivity contribution in [2.45, 2.75) is 25.2 Å². The lowest BCUT2D eigenvalue weighted by atomic mass is 9.90. The summed E-state index contributed by atoms with van der Waals surface area (Å²) < 4.78 is 39.9. The van der Waals surface area contributed by atoms with E-state index in [1.807, 2.05) is 0 Å². The highest BCUT2D eigenvalue weighted by molar-refractivity contribution is 9.10. The van der Waals surface area contributed by atoms with Crippen molar-refractivity contribution in [2.75, 3.05) is 13.1 Å². The van der Waals surface area contributed by atoms with E-state index in [0.29, 0.717) is 5.56 Å². The zero-order valence-corrected chi connectivity index (χ0v) is 14.0. The van der Waals surface area contributed by atoms with Crippen LogP contribution in [0.25, 0.3) is 0 Å². The minimum absolute atomic E-state index is 0.00888. The smallest absolute Gasteiger partial charge is 0.310 e. The molecule has 1 atom stereocenters. The average Bonchev–Trinajstić information content (AvgIpc) is 2.78. The summed E-state index contributed by atoms with van der Waals surface area (Å²) in [5.41, 5.74) is -0.794. The SMILES string of the molecule is Cc1cc(F)c(Br)cc1S(=O)(=O)N1CCC(C)(C(=O)O)C1. The third-order valence-corrected chi connectivity index (χ3v) is 6.39. The van der Waals surface area contributed by atoms with Crippen LogP contribution in [0.1, 0.15) is 18.9 Å². The lowest BCUT2D eigenvalue weighted by Crippen LogP contribution is -2.35. The first-order chi connectivity index (χ1) is 9.58. The molecule has 2 rings (SSSR count). The Morgan fingerprint density at radius 3 is 2.62 bits per heavy atom. The zero-order valence-electron chi connectivity index (χ0n) is 11.6. The first-order valence-corrected chi connectivity index (χ1v) is 8.50. The summed E-state index contributed by atoms with van der Waals surface area (Å²) in [6.07, 6.45) is 0.253. The largest absolute Gasteiger partial charge is 0.481 e. The number of aryl methyl sites for hydroxylation is 1. The Hall–Kier alpha value is -0.990. The van der Waals surface area contributed by atoms with Crippen LogP contribution in [0.3, 0.4) is 0 Å². The van der Waals surface area contributed by atoms with E-state index in [4.69, 9.17) is 0 Å². The van der Waals surface area contributed by atoms with Crippen LogP contribution < -0.4 is 0 Å². The fraction of sp³-hybridized carbons (Fsp3) is 0.462. The summed E-state index contributed by atoms with van der Waals surface area (Å²) in [6.45, 7) is 3.09. The first kappa shape index (κ1) is 16.4. The van der Waals surface area contributed by atoms with E-state index < -0.39 is 27.2 Å². The molecule has 1 unspecified atom stereocenters. The second-order valence-corrected chi connectivity index (χ2v) is 8.25. The third kappa shape index (κ3) is 2.84. The lowest BCUT2D eigenvalue weighted by molar-refractivity contribution is -0.146. The summed E-state index contributed by atoms with van der Waals surface area (Å²) in [6, 6.07) is 2.36.